The highest BCUT2D eigenvalue weighted by atomic mass is 16.1. The van der Waals surface area contributed by atoms with E-state index in [4.69, 9.17) is 5.26 Å². The molecule has 106 valence electrons. The summed E-state index contributed by atoms with van der Waals surface area (Å²) in [6.07, 6.45) is 3.49. The van der Waals surface area contributed by atoms with Crippen molar-refractivity contribution >= 4 is 0 Å². The number of nitriles is 1. The van der Waals surface area contributed by atoms with Gasteiger partial charge < -0.3 is 4.57 Å². The van der Waals surface area contributed by atoms with Crippen LogP contribution in [0.5, 0.6) is 0 Å². The average molecular weight is 286 g/mol. The van der Waals surface area contributed by atoms with Gasteiger partial charge >= 0.3 is 0 Å². The van der Waals surface area contributed by atoms with E-state index in [2.05, 4.69) is 6.07 Å². The molecule has 3 heteroatoms. The lowest BCUT2D eigenvalue weighted by Crippen LogP contribution is -2.13. The molecule has 0 aliphatic carbocycles. The van der Waals surface area contributed by atoms with E-state index in [1.165, 1.54) is 0 Å². The van der Waals surface area contributed by atoms with Gasteiger partial charge in [-0.2, -0.15) is 5.26 Å². The molecule has 0 saturated carbocycles. The van der Waals surface area contributed by atoms with E-state index >= 15 is 0 Å². The molecule has 0 spiro atoms. The number of aromatic nitrogens is 1. The van der Waals surface area contributed by atoms with Gasteiger partial charge in [0.25, 0.3) is 0 Å². The van der Waals surface area contributed by atoms with Gasteiger partial charge in [0, 0.05) is 23.5 Å². The lowest BCUT2D eigenvalue weighted by Gasteiger charge is -2.10. The molecule has 0 aliphatic rings. The van der Waals surface area contributed by atoms with Crippen molar-refractivity contribution in [3.8, 4) is 28.3 Å². The summed E-state index contributed by atoms with van der Waals surface area (Å²) in [5.74, 6) is 0. The van der Waals surface area contributed by atoms with E-state index in [1.54, 1.807) is 17.0 Å². The first-order valence-corrected chi connectivity index (χ1v) is 7.01. The predicted molar refractivity (Wildman–Crippen MR) is 87.2 cm³/mol. The van der Waals surface area contributed by atoms with Crippen molar-refractivity contribution in [3.05, 3.63) is 83.3 Å². The van der Waals surface area contributed by atoms with Gasteiger partial charge in [-0.15, -0.1) is 0 Å². The van der Waals surface area contributed by atoms with Crippen molar-refractivity contribution < 1.29 is 0 Å². The highest BCUT2D eigenvalue weighted by Crippen LogP contribution is 2.20. The number of hydrogen-bond donors (Lipinski definition) is 0. The van der Waals surface area contributed by atoms with Crippen LogP contribution in [0, 0.1) is 11.3 Å². The minimum atomic E-state index is -0.0217. The quantitative estimate of drug-likeness (QED) is 0.737. The van der Waals surface area contributed by atoms with Crippen LogP contribution >= 0.6 is 0 Å². The second kappa shape index (κ2) is 6.11. The topological polar surface area (TPSA) is 45.8 Å². The third kappa shape index (κ3) is 2.68. The molecule has 3 aromatic rings. The second-order valence-corrected chi connectivity index (χ2v) is 4.98. The van der Waals surface area contributed by atoms with Crippen molar-refractivity contribution in [2.75, 3.05) is 0 Å². The second-order valence-electron chi connectivity index (χ2n) is 4.98. The third-order valence-corrected chi connectivity index (χ3v) is 3.50. The molecule has 1 heterocycles. The maximum Gasteiger partial charge on any atom is 0.197 e. The summed E-state index contributed by atoms with van der Waals surface area (Å²) in [6, 6.07) is 21.2. The number of rotatable bonds is 3. The maximum atomic E-state index is 12.8. The summed E-state index contributed by atoms with van der Waals surface area (Å²) in [4.78, 5) is 12.8. The number of hydrogen-bond acceptors (Lipinski definition) is 2. The Morgan fingerprint density at radius 3 is 1.68 bits per heavy atom. The Bertz CT molecular complexity index is 811. The lowest BCUT2D eigenvalue weighted by molar-refractivity contribution is 0.824. The minimum absolute atomic E-state index is 0.0217. The van der Waals surface area contributed by atoms with E-state index in [1.807, 2.05) is 60.7 Å². The summed E-state index contributed by atoms with van der Waals surface area (Å²) in [7, 11) is 0. The fraction of sp³-hybridized carbons (Fsp3) is 0.0526. The Morgan fingerprint density at radius 2 is 1.27 bits per heavy atom. The highest BCUT2D eigenvalue weighted by Gasteiger charge is 2.11. The highest BCUT2D eigenvalue weighted by molar-refractivity contribution is 5.71. The smallest absolute Gasteiger partial charge is 0.197 e. The van der Waals surface area contributed by atoms with Gasteiger partial charge in [0.2, 0.25) is 0 Å². The van der Waals surface area contributed by atoms with E-state index in [0.29, 0.717) is 11.1 Å². The van der Waals surface area contributed by atoms with Crippen LogP contribution in [0.3, 0.4) is 0 Å². The molecule has 0 atom stereocenters. The zero-order valence-electron chi connectivity index (χ0n) is 11.9. The zero-order chi connectivity index (χ0) is 15.4. The Hall–Kier alpha value is -3.12. The van der Waals surface area contributed by atoms with Crippen molar-refractivity contribution in [3.63, 3.8) is 0 Å². The van der Waals surface area contributed by atoms with Gasteiger partial charge in [-0.1, -0.05) is 60.7 Å². The van der Waals surface area contributed by atoms with E-state index in [0.717, 1.165) is 11.1 Å². The van der Waals surface area contributed by atoms with E-state index in [9.17, 15) is 4.79 Å². The summed E-state index contributed by atoms with van der Waals surface area (Å²) < 4.78 is 1.76. The first-order valence-electron chi connectivity index (χ1n) is 7.01. The van der Waals surface area contributed by atoms with Crippen LogP contribution in [-0.4, -0.2) is 4.57 Å². The first-order chi connectivity index (χ1) is 10.8. The van der Waals surface area contributed by atoms with E-state index in [-0.39, 0.29) is 12.0 Å². The monoisotopic (exact) mass is 286 g/mol. The number of benzene rings is 2. The summed E-state index contributed by atoms with van der Waals surface area (Å²) in [6.45, 7) is 0.208. The van der Waals surface area contributed by atoms with Gasteiger partial charge in [0.1, 0.15) is 6.54 Å². The molecule has 0 radical (unpaired) electrons. The van der Waals surface area contributed by atoms with Crippen molar-refractivity contribution in [2.45, 2.75) is 6.54 Å². The maximum absolute atomic E-state index is 12.8. The van der Waals surface area contributed by atoms with Gasteiger partial charge in [-0.05, 0) is 11.1 Å². The van der Waals surface area contributed by atoms with Gasteiger partial charge in [-0.3, -0.25) is 4.79 Å². The predicted octanol–water partition coefficient (Wildman–Crippen LogP) is 3.71. The zero-order valence-corrected chi connectivity index (χ0v) is 11.9. The molecule has 3 nitrogen and oxygen atoms in total. The van der Waals surface area contributed by atoms with Crippen LogP contribution < -0.4 is 5.43 Å². The standard InChI is InChI=1S/C19H14N2O/c20-11-12-21-13-17(15-7-3-1-4-8-15)19(22)18(14-21)16-9-5-2-6-10-16/h1-10,13-14H,12H2. The fourth-order valence-electron chi connectivity index (χ4n) is 2.45. The SMILES string of the molecule is N#CCn1cc(-c2ccccc2)c(=O)c(-c2ccccc2)c1. The summed E-state index contributed by atoms with van der Waals surface area (Å²) >= 11 is 0. The lowest BCUT2D eigenvalue weighted by atomic mass is 10.0. The normalized spacial score (nSPS) is 10.1. The van der Waals surface area contributed by atoms with Crippen molar-refractivity contribution in [1.29, 1.82) is 5.26 Å². The Balaban J connectivity index is 2.25. The summed E-state index contributed by atoms with van der Waals surface area (Å²) in [5, 5.41) is 8.96. The Morgan fingerprint density at radius 1 is 0.818 bits per heavy atom. The molecule has 0 saturated heterocycles. The van der Waals surface area contributed by atoms with Crippen LogP contribution in [0.2, 0.25) is 0 Å². The summed E-state index contributed by atoms with van der Waals surface area (Å²) in [5.41, 5.74) is 2.91. The Kier molecular flexibility index (Phi) is 3.84. The molecule has 3 rings (SSSR count). The molecule has 0 unspecified atom stereocenters. The van der Waals surface area contributed by atoms with Gasteiger partial charge in [0.15, 0.2) is 5.43 Å². The fourth-order valence-corrected chi connectivity index (χ4v) is 2.45. The molecule has 22 heavy (non-hydrogen) atoms. The molecule has 0 N–H and O–H groups in total. The number of pyridine rings is 1. The van der Waals surface area contributed by atoms with Crippen LogP contribution in [-0.2, 0) is 6.54 Å². The molecular formula is C19H14N2O. The van der Waals surface area contributed by atoms with Crippen LogP contribution in [0.15, 0.2) is 77.9 Å². The molecule has 0 amide bonds. The third-order valence-electron chi connectivity index (χ3n) is 3.50. The molecular weight excluding hydrogens is 272 g/mol. The largest absolute Gasteiger partial charge is 0.339 e. The molecule has 0 bridgehead atoms. The van der Waals surface area contributed by atoms with E-state index < -0.39 is 0 Å². The van der Waals surface area contributed by atoms with Crippen molar-refractivity contribution in [1.82, 2.24) is 4.57 Å². The van der Waals surface area contributed by atoms with Crippen LogP contribution in [0.4, 0.5) is 0 Å². The van der Waals surface area contributed by atoms with Crippen LogP contribution in [0.1, 0.15) is 0 Å². The molecule has 2 aromatic carbocycles. The number of nitrogens with zero attached hydrogens (tertiary/aromatic N) is 2. The minimum Gasteiger partial charge on any atom is -0.339 e. The molecule has 1 aromatic heterocycles. The molecule has 0 fully saturated rings. The Labute approximate surface area is 128 Å². The average Bonchev–Trinajstić information content (AvgIpc) is 2.58. The van der Waals surface area contributed by atoms with Crippen molar-refractivity contribution in [2.24, 2.45) is 0 Å². The van der Waals surface area contributed by atoms with Crippen LogP contribution in [0.25, 0.3) is 22.3 Å². The first kappa shape index (κ1) is 13.8. The van der Waals surface area contributed by atoms with Gasteiger partial charge in [-0.25, -0.2) is 0 Å². The van der Waals surface area contributed by atoms with Gasteiger partial charge in [0.05, 0.1) is 6.07 Å². The molecule has 0 aliphatic heterocycles.